The minimum absolute atomic E-state index is 0.108. The molecule has 1 saturated heterocycles. The van der Waals surface area contributed by atoms with E-state index in [1.54, 1.807) is 0 Å². The summed E-state index contributed by atoms with van der Waals surface area (Å²) in [6, 6.07) is 8.29. The molecule has 2 rings (SSSR count). The number of anilines is 1. The van der Waals surface area contributed by atoms with Gasteiger partial charge >= 0.3 is 0 Å². The Morgan fingerprint density at radius 3 is 2.67 bits per heavy atom. The van der Waals surface area contributed by atoms with Crippen LogP contribution in [0.1, 0.15) is 32.8 Å². The van der Waals surface area contributed by atoms with E-state index in [9.17, 15) is 4.79 Å². The van der Waals surface area contributed by atoms with Crippen molar-refractivity contribution in [3.8, 4) is 0 Å². The fourth-order valence-electron chi connectivity index (χ4n) is 2.28. The zero-order chi connectivity index (χ0) is 13.3. The van der Waals surface area contributed by atoms with Crippen molar-refractivity contribution in [3.05, 3.63) is 42.5 Å². The smallest absolute Gasteiger partial charge is 0.227 e. The molecule has 0 bridgehead atoms. The van der Waals surface area contributed by atoms with Gasteiger partial charge in [-0.05, 0) is 23.1 Å². The molecule has 1 aliphatic rings. The standard InChI is InChI=1S/C16H21NO/c1-5-12-9-15(18)17(11-12)14-8-6-7-13(10-14)16(2,3)4/h5-8,10,12H,1,9,11H2,2-4H3. The maximum absolute atomic E-state index is 12.0. The number of hydrogen-bond acceptors (Lipinski definition) is 1. The molecule has 1 atom stereocenters. The number of rotatable bonds is 2. The summed E-state index contributed by atoms with van der Waals surface area (Å²) in [5.74, 6) is 0.488. The minimum Gasteiger partial charge on any atom is -0.312 e. The molecule has 0 aromatic heterocycles. The molecule has 18 heavy (non-hydrogen) atoms. The van der Waals surface area contributed by atoms with Gasteiger partial charge in [0.05, 0.1) is 0 Å². The van der Waals surface area contributed by atoms with E-state index in [0.29, 0.717) is 6.42 Å². The van der Waals surface area contributed by atoms with Gasteiger partial charge in [-0.15, -0.1) is 6.58 Å². The Balaban J connectivity index is 2.29. The number of carbonyl (C=O) groups excluding carboxylic acids is 1. The van der Waals surface area contributed by atoms with Crippen LogP contribution in [0, 0.1) is 5.92 Å². The second-order valence-corrected chi connectivity index (χ2v) is 6.00. The first-order valence-corrected chi connectivity index (χ1v) is 6.45. The molecule has 1 aromatic rings. The summed E-state index contributed by atoms with van der Waals surface area (Å²) in [5, 5.41) is 0. The predicted molar refractivity (Wildman–Crippen MR) is 75.8 cm³/mol. The lowest BCUT2D eigenvalue weighted by molar-refractivity contribution is -0.117. The van der Waals surface area contributed by atoms with Gasteiger partial charge in [0.1, 0.15) is 0 Å². The Morgan fingerprint density at radius 2 is 2.11 bits per heavy atom. The van der Waals surface area contributed by atoms with Crippen LogP contribution >= 0.6 is 0 Å². The zero-order valence-electron chi connectivity index (χ0n) is 11.4. The second kappa shape index (κ2) is 4.60. The van der Waals surface area contributed by atoms with Crippen molar-refractivity contribution in [2.24, 2.45) is 5.92 Å². The molecule has 96 valence electrons. The lowest BCUT2D eigenvalue weighted by Crippen LogP contribution is -2.25. The van der Waals surface area contributed by atoms with E-state index in [2.05, 4.69) is 39.5 Å². The summed E-state index contributed by atoms with van der Waals surface area (Å²) in [6.07, 6.45) is 2.47. The molecule has 0 N–H and O–H groups in total. The third kappa shape index (κ3) is 2.47. The maximum Gasteiger partial charge on any atom is 0.227 e. The van der Waals surface area contributed by atoms with Gasteiger partial charge in [0.2, 0.25) is 5.91 Å². The average Bonchev–Trinajstić information content (AvgIpc) is 2.70. The molecule has 2 nitrogen and oxygen atoms in total. The lowest BCUT2D eigenvalue weighted by atomic mass is 9.87. The van der Waals surface area contributed by atoms with Crippen molar-refractivity contribution < 1.29 is 4.79 Å². The number of nitrogens with zero attached hydrogens (tertiary/aromatic N) is 1. The van der Waals surface area contributed by atoms with Gasteiger partial charge in [-0.1, -0.05) is 39.0 Å². The molecule has 1 fully saturated rings. The second-order valence-electron chi connectivity index (χ2n) is 6.00. The van der Waals surface area contributed by atoms with Gasteiger partial charge in [-0.25, -0.2) is 0 Å². The molecule has 0 radical (unpaired) electrons. The van der Waals surface area contributed by atoms with Crippen molar-refractivity contribution in [3.63, 3.8) is 0 Å². The van der Waals surface area contributed by atoms with Crippen molar-refractivity contribution in [1.82, 2.24) is 0 Å². The third-order valence-corrected chi connectivity index (χ3v) is 3.51. The Kier molecular flexibility index (Phi) is 3.29. The van der Waals surface area contributed by atoms with Crippen LogP contribution in [-0.4, -0.2) is 12.5 Å². The van der Waals surface area contributed by atoms with E-state index in [4.69, 9.17) is 0 Å². The fraction of sp³-hybridized carbons (Fsp3) is 0.438. The van der Waals surface area contributed by atoms with Crippen LogP contribution in [-0.2, 0) is 10.2 Å². The highest BCUT2D eigenvalue weighted by Crippen LogP contribution is 2.30. The van der Waals surface area contributed by atoms with E-state index in [0.717, 1.165) is 12.2 Å². The van der Waals surface area contributed by atoms with Crippen LogP contribution < -0.4 is 4.90 Å². The average molecular weight is 243 g/mol. The Hall–Kier alpha value is -1.57. The molecule has 2 heteroatoms. The van der Waals surface area contributed by atoms with Crippen LogP contribution in [0.15, 0.2) is 36.9 Å². The summed E-state index contributed by atoms with van der Waals surface area (Å²) in [7, 11) is 0. The summed E-state index contributed by atoms with van der Waals surface area (Å²) < 4.78 is 0. The number of amides is 1. The summed E-state index contributed by atoms with van der Waals surface area (Å²) >= 11 is 0. The maximum atomic E-state index is 12.0. The summed E-state index contributed by atoms with van der Waals surface area (Å²) in [6.45, 7) is 11.1. The summed E-state index contributed by atoms with van der Waals surface area (Å²) in [4.78, 5) is 13.9. The van der Waals surface area contributed by atoms with Gasteiger partial charge in [-0.2, -0.15) is 0 Å². The van der Waals surface area contributed by atoms with Crippen LogP contribution in [0.5, 0.6) is 0 Å². The van der Waals surface area contributed by atoms with E-state index in [-0.39, 0.29) is 17.2 Å². The van der Waals surface area contributed by atoms with E-state index < -0.39 is 0 Å². The van der Waals surface area contributed by atoms with Gasteiger partial charge in [-0.3, -0.25) is 4.79 Å². The van der Waals surface area contributed by atoms with Gasteiger partial charge < -0.3 is 4.90 Å². The van der Waals surface area contributed by atoms with Crippen molar-refractivity contribution in [1.29, 1.82) is 0 Å². The Morgan fingerprint density at radius 1 is 1.39 bits per heavy atom. The molecule has 0 aliphatic carbocycles. The number of benzene rings is 1. The van der Waals surface area contributed by atoms with Crippen molar-refractivity contribution in [2.45, 2.75) is 32.6 Å². The van der Waals surface area contributed by atoms with Crippen LogP contribution in [0.3, 0.4) is 0 Å². The zero-order valence-corrected chi connectivity index (χ0v) is 11.4. The van der Waals surface area contributed by atoms with Gasteiger partial charge in [0.25, 0.3) is 0 Å². The molecular formula is C16H21NO. The van der Waals surface area contributed by atoms with Crippen molar-refractivity contribution in [2.75, 3.05) is 11.4 Å². The van der Waals surface area contributed by atoms with Crippen molar-refractivity contribution >= 4 is 11.6 Å². The first-order valence-electron chi connectivity index (χ1n) is 6.45. The first kappa shape index (κ1) is 12.9. The quantitative estimate of drug-likeness (QED) is 0.728. The van der Waals surface area contributed by atoms with E-state index in [1.807, 2.05) is 23.1 Å². The molecule has 1 aromatic carbocycles. The molecule has 0 saturated carbocycles. The molecule has 1 unspecified atom stereocenters. The molecular weight excluding hydrogens is 222 g/mol. The highest BCUT2D eigenvalue weighted by atomic mass is 16.2. The minimum atomic E-state index is 0.108. The molecule has 1 amide bonds. The highest BCUT2D eigenvalue weighted by molar-refractivity contribution is 5.96. The number of hydrogen-bond donors (Lipinski definition) is 0. The Bertz CT molecular complexity index is 470. The van der Waals surface area contributed by atoms with Gasteiger partial charge in [0, 0.05) is 24.6 Å². The topological polar surface area (TPSA) is 20.3 Å². The SMILES string of the molecule is C=CC1CC(=O)N(c2cccc(C(C)(C)C)c2)C1. The largest absolute Gasteiger partial charge is 0.312 e. The number of carbonyl (C=O) groups is 1. The monoisotopic (exact) mass is 243 g/mol. The molecule has 1 heterocycles. The van der Waals surface area contributed by atoms with Crippen LogP contribution in [0.25, 0.3) is 0 Å². The van der Waals surface area contributed by atoms with Gasteiger partial charge in [0.15, 0.2) is 0 Å². The predicted octanol–water partition coefficient (Wildman–Crippen LogP) is 3.52. The molecule has 1 aliphatic heterocycles. The summed E-state index contributed by atoms with van der Waals surface area (Å²) in [5.41, 5.74) is 2.38. The molecule has 0 spiro atoms. The fourth-order valence-corrected chi connectivity index (χ4v) is 2.28. The normalized spacial score (nSPS) is 20.3. The first-order chi connectivity index (χ1) is 8.41. The lowest BCUT2D eigenvalue weighted by Gasteiger charge is -2.23. The third-order valence-electron chi connectivity index (χ3n) is 3.51. The van der Waals surface area contributed by atoms with Crippen LogP contribution in [0.4, 0.5) is 5.69 Å². The highest BCUT2D eigenvalue weighted by Gasteiger charge is 2.29. The Labute approximate surface area is 109 Å². The van der Waals surface area contributed by atoms with Crippen LogP contribution in [0.2, 0.25) is 0 Å². The van der Waals surface area contributed by atoms with E-state index in [1.165, 1.54) is 5.56 Å². The van der Waals surface area contributed by atoms with E-state index >= 15 is 0 Å².